The van der Waals surface area contributed by atoms with Crippen molar-refractivity contribution in [3.8, 4) is 5.75 Å². The highest BCUT2D eigenvalue weighted by Gasteiger charge is 2.46. The Bertz CT molecular complexity index is 975. The first-order chi connectivity index (χ1) is 14.5. The molecule has 0 saturated carbocycles. The lowest BCUT2D eigenvalue weighted by Gasteiger charge is -2.38. The molecule has 0 unspecified atom stereocenters. The number of rotatable bonds is 7. The second-order valence-electron chi connectivity index (χ2n) is 8.18. The van der Waals surface area contributed by atoms with Gasteiger partial charge in [0.05, 0.1) is 16.8 Å². The van der Waals surface area contributed by atoms with Crippen LogP contribution in [0.2, 0.25) is 0 Å². The van der Waals surface area contributed by atoms with Crippen molar-refractivity contribution < 1.29 is 17.9 Å². The van der Waals surface area contributed by atoms with Crippen molar-refractivity contribution in [2.45, 2.75) is 67.7 Å². The van der Waals surface area contributed by atoms with Crippen LogP contribution in [0.3, 0.4) is 0 Å². The van der Waals surface area contributed by atoms with Crippen LogP contribution in [0.4, 0.5) is 0 Å². The molecule has 0 radical (unpaired) electrons. The standard InChI is InChI=1S/C24H29NO4S/c1-2-29-23-11-7-6-8-18(23)12-15-24(26)25-19-13-14-20(25)17-22(16-19)30(27,28)21-9-4-3-5-10-21/h3-11,19-20,22H,2,12-17H2,1H3/t19-,20-/m0/s1. The summed E-state index contributed by atoms with van der Waals surface area (Å²) in [6.45, 7) is 2.55. The van der Waals surface area contributed by atoms with Gasteiger partial charge in [0, 0.05) is 18.5 Å². The normalized spacial score (nSPS) is 23.4. The predicted molar refractivity (Wildman–Crippen MR) is 116 cm³/mol. The number of hydrogen-bond donors (Lipinski definition) is 0. The van der Waals surface area contributed by atoms with Gasteiger partial charge in [0.2, 0.25) is 5.91 Å². The molecule has 0 aliphatic carbocycles. The quantitative estimate of drug-likeness (QED) is 0.670. The first kappa shape index (κ1) is 20.9. The number of ether oxygens (including phenoxy) is 1. The van der Waals surface area contributed by atoms with Crippen molar-refractivity contribution in [2.75, 3.05) is 6.61 Å². The number of amides is 1. The van der Waals surface area contributed by atoms with Gasteiger partial charge < -0.3 is 9.64 Å². The molecule has 0 spiro atoms. The highest BCUT2D eigenvalue weighted by atomic mass is 32.2. The summed E-state index contributed by atoms with van der Waals surface area (Å²) in [6, 6.07) is 16.6. The summed E-state index contributed by atoms with van der Waals surface area (Å²) in [5.41, 5.74) is 1.04. The van der Waals surface area contributed by atoms with E-state index in [-0.39, 0.29) is 18.0 Å². The van der Waals surface area contributed by atoms with Crippen LogP contribution in [-0.2, 0) is 21.1 Å². The average molecular weight is 428 g/mol. The molecule has 2 saturated heterocycles. The molecule has 0 N–H and O–H groups in total. The maximum Gasteiger partial charge on any atom is 0.223 e. The van der Waals surface area contributed by atoms with E-state index in [9.17, 15) is 13.2 Å². The number of nitrogens with zero attached hydrogens (tertiary/aromatic N) is 1. The van der Waals surface area contributed by atoms with Crippen LogP contribution < -0.4 is 4.74 Å². The molecule has 2 heterocycles. The molecule has 2 aromatic rings. The first-order valence-electron chi connectivity index (χ1n) is 10.8. The van der Waals surface area contributed by atoms with E-state index in [1.807, 2.05) is 42.2 Å². The molecule has 5 nitrogen and oxygen atoms in total. The van der Waals surface area contributed by atoms with Crippen LogP contribution in [0.25, 0.3) is 0 Å². The minimum Gasteiger partial charge on any atom is -0.494 e. The molecule has 2 atom stereocenters. The fraction of sp³-hybridized carbons (Fsp3) is 0.458. The van der Waals surface area contributed by atoms with E-state index in [1.165, 1.54) is 0 Å². The van der Waals surface area contributed by atoms with Crippen molar-refractivity contribution in [1.82, 2.24) is 4.90 Å². The van der Waals surface area contributed by atoms with E-state index in [4.69, 9.17) is 4.74 Å². The largest absolute Gasteiger partial charge is 0.494 e. The third-order valence-corrected chi connectivity index (χ3v) is 8.56. The molecule has 2 aromatic carbocycles. The highest BCUT2D eigenvalue weighted by molar-refractivity contribution is 7.92. The van der Waals surface area contributed by atoms with Crippen molar-refractivity contribution in [2.24, 2.45) is 0 Å². The Kier molecular flexibility index (Phi) is 6.14. The van der Waals surface area contributed by atoms with E-state index < -0.39 is 15.1 Å². The Hall–Kier alpha value is -2.34. The predicted octanol–water partition coefficient (Wildman–Crippen LogP) is 4.01. The van der Waals surface area contributed by atoms with Gasteiger partial charge in [-0.1, -0.05) is 36.4 Å². The van der Waals surface area contributed by atoms with Gasteiger partial charge in [-0.15, -0.1) is 0 Å². The average Bonchev–Trinajstić information content (AvgIpc) is 3.03. The van der Waals surface area contributed by atoms with Gasteiger partial charge in [-0.05, 0) is 62.8 Å². The zero-order valence-electron chi connectivity index (χ0n) is 17.4. The monoisotopic (exact) mass is 427 g/mol. The lowest BCUT2D eigenvalue weighted by molar-refractivity contribution is -0.135. The topological polar surface area (TPSA) is 63.7 Å². The zero-order valence-corrected chi connectivity index (χ0v) is 18.2. The molecule has 2 aliphatic rings. The minimum absolute atomic E-state index is 0.0295. The van der Waals surface area contributed by atoms with Gasteiger partial charge in [0.15, 0.2) is 9.84 Å². The maximum atomic E-state index is 13.1. The molecule has 30 heavy (non-hydrogen) atoms. The Morgan fingerprint density at radius 1 is 1.00 bits per heavy atom. The van der Waals surface area contributed by atoms with E-state index in [1.54, 1.807) is 24.3 Å². The molecule has 2 aliphatic heterocycles. The fourth-order valence-electron chi connectivity index (χ4n) is 4.97. The minimum atomic E-state index is -3.36. The van der Waals surface area contributed by atoms with Crippen LogP contribution in [-0.4, -0.2) is 43.2 Å². The third kappa shape index (κ3) is 4.10. The van der Waals surface area contributed by atoms with Gasteiger partial charge in [0.25, 0.3) is 0 Å². The molecular formula is C24H29NO4S. The molecule has 6 heteroatoms. The summed E-state index contributed by atoms with van der Waals surface area (Å²) >= 11 is 0. The van der Waals surface area contributed by atoms with Crippen LogP contribution in [0.15, 0.2) is 59.5 Å². The van der Waals surface area contributed by atoms with Gasteiger partial charge in [-0.3, -0.25) is 4.79 Å². The highest BCUT2D eigenvalue weighted by Crippen LogP contribution is 2.40. The number of para-hydroxylation sites is 1. The number of carbonyl (C=O) groups is 1. The second-order valence-corrected chi connectivity index (χ2v) is 10.4. The van der Waals surface area contributed by atoms with Crippen molar-refractivity contribution in [3.05, 3.63) is 60.2 Å². The number of carbonyl (C=O) groups excluding carboxylic acids is 1. The molecule has 2 bridgehead atoms. The molecule has 1 amide bonds. The van der Waals surface area contributed by atoms with Crippen molar-refractivity contribution in [1.29, 1.82) is 0 Å². The Morgan fingerprint density at radius 2 is 1.63 bits per heavy atom. The van der Waals surface area contributed by atoms with E-state index in [0.29, 0.717) is 37.2 Å². The number of sulfone groups is 1. The summed E-state index contributed by atoms with van der Waals surface area (Å²) in [5.74, 6) is 0.966. The van der Waals surface area contributed by atoms with Crippen LogP contribution >= 0.6 is 0 Å². The van der Waals surface area contributed by atoms with E-state index in [0.717, 1.165) is 24.2 Å². The number of piperidine rings is 1. The van der Waals surface area contributed by atoms with Crippen molar-refractivity contribution in [3.63, 3.8) is 0 Å². The number of aryl methyl sites for hydroxylation is 1. The van der Waals surface area contributed by atoms with E-state index in [2.05, 4.69) is 0 Å². The lowest BCUT2D eigenvalue weighted by atomic mass is 10.0. The fourth-order valence-corrected chi connectivity index (χ4v) is 6.84. The molecule has 160 valence electrons. The van der Waals surface area contributed by atoms with Crippen molar-refractivity contribution >= 4 is 15.7 Å². The van der Waals surface area contributed by atoms with Crippen LogP contribution in [0, 0.1) is 0 Å². The lowest BCUT2D eigenvalue weighted by Crippen LogP contribution is -2.49. The molecular weight excluding hydrogens is 398 g/mol. The number of hydrogen-bond acceptors (Lipinski definition) is 4. The van der Waals surface area contributed by atoms with E-state index >= 15 is 0 Å². The van der Waals surface area contributed by atoms with Gasteiger partial charge in [0.1, 0.15) is 5.75 Å². The third-order valence-electron chi connectivity index (χ3n) is 6.37. The van der Waals surface area contributed by atoms with Gasteiger partial charge >= 0.3 is 0 Å². The second kappa shape index (κ2) is 8.80. The van der Waals surface area contributed by atoms with Gasteiger partial charge in [-0.25, -0.2) is 8.42 Å². The Morgan fingerprint density at radius 3 is 2.30 bits per heavy atom. The van der Waals surface area contributed by atoms with Crippen LogP contribution in [0.5, 0.6) is 5.75 Å². The molecule has 2 fully saturated rings. The summed E-state index contributed by atoms with van der Waals surface area (Å²) in [6.07, 6.45) is 3.92. The Labute approximate surface area is 179 Å². The zero-order chi connectivity index (χ0) is 21.1. The smallest absolute Gasteiger partial charge is 0.223 e. The summed E-state index contributed by atoms with van der Waals surface area (Å²) in [4.78, 5) is 15.4. The number of fused-ring (bicyclic) bond motifs is 2. The maximum absolute atomic E-state index is 13.1. The first-order valence-corrected chi connectivity index (χ1v) is 12.4. The number of benzene rings is 2. The molecule has 0 aromatic heterocycles. The summed E-state index contributed by atoms with van der Waals surface area (Å²) in [7, 11) is -3.36. The SMILES string of the molecule is CCOc1ccccc1CCC(=O)N1[C@H]2CC[C@H]1CC(S(=O)(=O)c1ccccc1)C2. The summed E-state index contributed by atoms with van der Waals surface area (Å²) < 4.78 is 31.8. The van der Waals surface area contributed by atoms with Gasteiger partial charge in [-0.2, -0.15) is 0 Å². The molecule has 4 rings (SSSR count). The van der Waals surface area contributed by atoms with Crippen LogP contribution in [0.1, 0.15) is 44.6 Å². The Balaban J connectivity index is 1.42. The summed E-state index contributed by atoms with van der Waals surface area (Å²) in [5, 5.41) is -0.403.